The second-order valence-corrected chi connectivity index (χ2v) is 7.06. The molecule has 1 aliphatic rings. The molecule has 0 spiro atoms. The highest BCUT2D eigenvalue weighted by Crippen LogP contribution is 2.40. The van der Waals surface area contributed by atoms with Crippen LogP contribution in [0.25, 0.3) is 5.76 Å². The number of benzene rings is 2. The predicted molar refractivity (Wildman–Crippen MR) is 110 cm³/mol. The van der Waals surface area contributed by atoms with E-state index in [9.17, 15) is 14.7 Å². The number of aromatic nitrogens is 1. The number of Topliss-reactive ketones (excluding diaryl/α,β-unsaturated/α-hetero) is 1. The van der Waals surface area contributed by atoms with Crippen LogP contribution in [-0.2, 0) is 16.1 Å². The van der Waals surface area contributed by atoms with Crippen LogP contribution in [0.3, 0.4) is 0 Å². The van der Waals surface area contributed by atoms with Crippen molar-refractivity contribution in [3.05, 3.63) is 107 Å². The molecule has 144 valence electrons. The zero-order valence-corrected chi connectivity index (χ0v) is 15.9. The third kappa shape index (κ3) is 3.55. The van der Waals surface area contributed by atoms with Crippen molar-refractivity contribution >= 4 is 17.4 Å². The molecule has 1 aliphatic heterocycles. The van der Waals surface area contributed by atoms with Gasteiger partial charge < -0.3 is 10.0 Å². The minimum absolute atomic E-state index is 0.110. The summed E-state index contributed by atoms with van der Waals surface area (Å²) in [6, 6.07) is 19.5. The maximum absolute atomic E-state index is 12.9. The number of likely N-dealkylation sites (tertiary alicyclic amines) is 1. The average Bonchev–Trinajstić information content (AvgIpc) is 3.00. The Balaban J connectivity index is 1.85. The molecule has 0 bridgehead atoms. The Kier molecular flexibility index (Phi) is 4.96. The summed E-state index contributed by atoms with van der Waals surface area (Å²) in [6.45, 7) is 2.19. The molecule has 1 saturated heterocycles. The van der Waals surface area contributed by atoms with E-state index in [0.29, 0.717) is 5.56 Å². The molecule has 1 atom stereocenters. The Bertz CT molecular complexity index is 1070. The van der Waals surface area contributed by atoms with Gasteiger partial charge in [0, 0.05) is 24.5 Å². The fraction of sp³-hybridized carbons (Fsp3) is 0.125. The molecular weight excluding hydrogens is 364 g/mol. The monoisotopic (exact) mass is 384 g/mol. The minimum atomic E-state index is -0.675. The summed E-state index contributed by atoms with van der Waals surface area (Å²) in [7, 11) is 0. The van der Waals surface area contributed by atoms with Crippen molar-refractivity contribution in [3.63, 3.8) is 0 Å². The van der Waals surface area contributed by atoms with Crippen LogP contribution in [-0.4, -0.2) is 26.7 Å². The normalized spacial score (nSPS) is 18.2. The summed E-state index contributed by atoms with van der Waals surface area (Å²) >= 11 is 0. The van der Waals surface area contributed by atoms with E-state index in [2.05, 4.69) is 4.98 Å². The minimum Gasteiger partial charge on any atom is -0.507 e. The van der Waals surface area contributed by atoms with E-state index < -0.39 is 17.7 Å². The Hall–Kier alpha value is -3.73. The quantitative estimate of drug-likeness (QED) is 0.419. The Morgan fingerprint density at radius 3 is 2.28 bits per heavy atom. The molecule has 2 heterocycles. The first-order valence-corrected chi connectivity index (χ1v) is 9.35. The third-order valence-corrected chi connectivity index (χ3v) is 5.08. The molecular formula is C24H20N2O3. The standard InChI is InChI=1S/C24H20N2O3/c1-16-7-9-19(10-8-16)22(27)20-21(18-5-3-2-4-6-18)26(24(29)23(20)28)15-17-11-13-25-14-12-17/h2-14,21,27H,15H2,1H3/b22-20+. The van der Waals surface area contributed by atoms with Crippen LogP contribution in [0, 0.1) is 6.92 Å². The first-order chi connectivity index (χ1) is 14.1. The Morgan fingerprint density at radius 2 is 1.62 bits per heavy atom. The second-order valence-electron chi connectivity index (χ2n) is 7.06. The Labute approximate surface area is 169 Å². The largest absolute Gasteiger partial charge is 0.507 e. The second kappa shape index (κ2) is 7.72. The zero-order valence-electron chi connectivity index (χ0n) is 15.9. The zero-order chi connectivity index (χ0) is 20.4. The number of aliphatic hydroxyl groups excluding tert-OH is 1. The van der Waals surface area contributed by atoms with Crippen LogP contribution < -0.4 is 0 Å². The summed E-state index contributed by atoms with van der Waals surface area (Å²) in [5.41, 5.74) is 3.30. The van der Waals surface area contributed by atoms with Gasteiger partial charge >= 0.3 is 0 Å². The summed E-state index contributed by atoms with van der Waals surface area (Å²) in [6.07, 6.45) is 3.30. The lowest BCUT2D eigenvalue weighted by Crippen LogP contribution is -2.29. The van der Waals surface area contributed by atoms with Gasteiger partial charge in [0.2, 0.25) is 0 Å². The summed E-state index contributed by atoms with van der Waals surface area (Å²) in [5, 5.41) is 11.0. The first-order valence-electron chi connectivity index (χ1n) is 9.35. The molecule has 0 aliphatic carbocycles. The lowest BCUT2D eigenvalue weighted by Gasteiger charge is -2.25. The van der Waals surface area contributed by atoms with Gasteiger partial charge in [-0.15, -0.1) is 0 Å². The molecule has 1 unspecified atom stereocenters. The van der Waals surface area contributed by atoms with E-state index in [4.69, 9.17) is 0 Å². The number of nitrogens with zero attached hydrogens (tertiary/aromatic N) is 2. The molecule has 0 saturated carbocycles. The molecule has 1 N–H and O–H groups in total. The lowest BCUT2D eigenvalue weighted by molar-refractivity contribution is -0.140. The van der Waals surface area contributed by atoms with Gasteiger partial charge in [-0.3, -0.25) is 14.6 Å². The fourth-order valence-corrected chi connectivity index (χ4v) is 3.58. The average molecular weight is 384 g/mol. The van der Waals surface area contributed by atoms with Gasteiger partial charge in [0.05, 0.1) is 11.6 Å². The van der Waals surface area contributed by atoms with Crippen molar-refractivity contribution in [2.45, 2.75) is 19.5 Å². The highest BCUT2D eigenvalue weighted by atomic mass is 16.3. The van der Waals surface area contributed by atoms with Crippen LogP contribution in [0.15, 0.2) is 84.7 Å². The van der Waals surface area contributed by atoms with Crippen molar-refractivity contribution < 1.29 is 14.7 Å². The maximum Gasteiger partial charge on any atom is 0.295 e. The number of amides is 1. The Morgan fingerprint density at radius 1 is 0.966 bits per heavy atom. The molecule has 4 rings (SSSR count). The van der Waals surface area contributed by atoms with Crippen molar-refractivity contribution in [1.82, 2.24) is 9.88 Å². The van der Waals surface area contributed by atoms with Gasteiger partial charge in [-0.1, -0.05) is 60.2 Å². The van der Waals surface area contributed by atoms with Crippen molar-refractivity contribution in [2.24, 2.45) is 0 Å². The third-order valence-electron chi connectivity index (χ3n) is 5.08. The number of pyridine rings is 1. The summed E-state index contributed by atoms with van der Waals surface area (Å²) in [4.78, 5) is 31.4. The van der Waals surface area contributed by atoms with Crippen LogP contribution in [0.5, 0.6) is 0 Å². The molecule has 5 heteroatoms. The number of hydrogen-bond donors (Lipinski definition) is 1. The van der Waals surface area contributed by atoms with E-state index >= 15 is 0 Å². The number of carbonyl (C=O) groups excluding carboxylic acids is 2. The van der Waals surface area contributed by atoms with Crippen LogP contribution in [0.1, 0.15) is 28.3 Å². The van der Waals surface area contributed by atoms with Crippen molar-refractivity contribution in [2.75, 3.05) is 0 Å². The highest BCUT2D eigenvalue weighted by Gasteiger charge is 2.45. The van der Waals surface area contributed by atoms with Crippen molar-refractivity contribution in [1.29, 1.82) is 0 Å². The van der Waals surface area contributed by atoms with Gasteiger partial charge in [0.1, 0.15) is 5.76 Å². The summed E-state index contributed by atoms with van der Waals surface area (Å²) < 4.78 is 0. The van der Waals surface area contributed by atoms with Gasteiger partial charge in [-0.2, -0.15) is 0 Å². The number of aliphatic hydroxyl groups is 1. The number of carbonyl (C=O) groups is 2. The van der Waals surface area contributed by atoms with E-state index in [0.717, 1.165) is 16.7 Å². The van der Waals surface area contributed by atoms with E-state index in [1.807, 2.05) is 49.4 Å². The van der Waals surface area contributed by atoms with Gasteiger partial charge in [-0.25, -0.2) is 0 Å². The molecule has 1 amide bonds. The number of rotatable bonds is 4. The van der Waals surface area contributed by atoms with Gasteiger partial charge in [-0.05, 0) is 30.2 Å². The van der Waals surface area contributed by atoms with Gasteiger partial charge in [0.25, 0.3) is 11.7 Å². The van der Waals surface area contributed by atoms with E-state index in [1.165, 1.54) is 4.90 Å². The fourth-order valence-electron chi connectivity index (χ4n) is 3.58. The molecule has 2 aromatic carbocycles. The molecule has 0 radical (unpaired) electrons. The molecule has 5 nitrogen and oxygen atoms in total. The lowest BCUT2D eigenvalue weighted by atomic mass is 9.95. The first kappa shape index (κ1) is 18.6. The molecule has 1 fully saturated rings. The van der Waals surface area contributed by atoms with E-state index in [-0.39, 0.29) is 17.9 Å². The van der Waals surface area contributed by atoms with Crippen LogP contribution >= 0.6 is 0 Å². The van der Waals surface area contributed by atoms with Crippen LogP contribution in [0.4, 0.5) is 0 Å². The number of aryl methyl sites for hydroxylation is 1. The maximum atomic E-state index is 12.9. The predicted octanol–water partition coefficient (Wildman–Crippen LogP) is 4.01. The SMILES string of the molecule is Cc1ccc(/C(O)=C2\C(=O)C(=O)N(Cc3ccncc3)C2c2ccccc2)cc1. The van der Waals surface area contributed by atoms with Crippen molar-refractivity contribution in [3.8, 4) is 0 Å². The smallest absolute Gasteiger partial charge is 0.295 e. The molecule has 3 aromatic rings. The van der Waals surface area contributed by atoms with Gasteiger partial charge in [0.15, 0.2) is 0 Å². The molecule has 1 aromatic heterocycles. The number of ketones is 1. The highest BCUT2D eigenvalue weighted by molar-refractivity contribution is 6.46. The number of hydrogen-bond acceptors (Lipinski definition) is 4. The summed E-state index contributed by atoms with van der Waals surface area (Å²) in [5.74, 6) is -1.45. The van der Waals surface area contributed by atoms with E-state index in [1.54, 1.807) is 36.7 Å². The molecule has 29 heavy (non-hydrogen) atoms. The topological polar surface area (TPSA) is 70.5 Å². The van der Waals surface area contributed by atoms with Crippen LogP contribution in [0.2, 0.25) is 0 Å².